The monoisotopic (exact) mass is 272 g/mol. The van der Waals surface area contributed by atoms with Crippen LogP contribution < -0.4 is 0 Å². The predicted molar refractivity (Wildman–Crippen MR) is 73.2 cm³/mol. The summed E-state index contributed by atoms with van der Waals surface area (Å²) in [6.07, 6.45) is 0. The van der Waals surface area contributed by atoms with E-state index in [2.05, 4.69) is 0 Å². The molecule has 0 bridgehead atoms. The lowest BCUT2D eigenvalue weighted by molar-refractivity contribution is -0.481. The highest BCUT2D eigenvalue weighted by atomic mass is 16.6. The van der Waals surface area contributed by atoms with Crippen LogP contribution in [-0.4, -0.2) is 16.4 Å². The summed E-state index contributed by atoms with van der Waals surface area (Å²) in [6.45, 7) is -0.300. The van der Waals surface area contributed by atoms with Crippen molar-refractivity contribution in [2.24, 2.45) is 0 Å². The lowest BCUT2D eigenvalue weighted by Gasteiger charge is -2.13. The first-order valence-electron chi connectivity index (χ1n) is 5.99. The minimum Gasteiger partial charge on any atom is -0.265 e. The van der Waals surface area contributed by atoms with E-state index in [9.17, 15) is 20.2 Å². The maximum Gasteiger partial charge on any atom is 0.269 e. The van der Waals surface area contributed by atoms with Crippen molar-refractivity contribution < 1.29 is 9.85 Å². The zero-order valence-corrected chi connectivity index (χ0v) is 10.5. The van der Waals surface area contributed by atoms with Crippen molar-refractivity contribution in [2.75, 3.05) is 6.54 Å². The molecule has 2 rings (SSSR count). The van der Waals surface area contributed by atoms with Crippen molar-refractivity contribution in [3.63, 3.8) is 0 Å². The van der Waals surface area contributed by atoms with Crippen LogP contribution in [0.3, 0.4) is 0 Å². The van der Waals surface area contributed by atoms with Crippen molar-refractivity contribution >= 4 is 5.69 Å². The molecule has 0 radical (unpaired) electrons. The van der Waals surface area contributed by atoms with Gasteiger partial charge in [0, 0.05) is 17.1 Å². The Bertz CT molecular complexity index is 628. The van der Waals surface area contributed by atoms with Crippen LogP contribution >= 0.6 is 0 Å². The van der Waals surface area contributed by atoms with E-state index < -0.39 is 15.8 Å². The zero-order chi connectivity index (χ0) is 14.5. The maximum atomic E-state index is 10.8. The normalized spacial score (nSPS) is 11.8. The molecule has 0 N–H and O–H groups in total. The lowest BCUT2D eigenvalue weighted by atomic mass is 9.91. The average molecular weight is 272 g/mol. The summed E-state index contributed by atoms with van der Waals surface area (Å²) in [7, 11) is 0. The van der Waals surface area contributed by atoms with E-state index in [-0.39, 0.29) is 12.2 Å². The smallest absolute Gasteiger partial charge is 0.265 e. The van der Waals surface area contributed by atoms with Crippen LogP contribution in [0.4, 0.5) is 5.69 Å². The van der Waals surface area contributed by atoms with Gasteiger partial charge in [-0.25, -0.2) is 0 Å². The number of hydrogen-bond acceptors (Lipinski definition) is 4. The van der Waals surface area contributed by atoms with Crippen molar-refractivity contribution in [1.29, 1.82) is 0 Å². The number of nitro groups is 2. The number of non-ortho nitro benzene ring substituents is 1. The topological polar surface area (TPSA) is 86.3 Å². The lowest BCUT2D eigenvalue weighted by Crippen LogP contribution is -2.14. The van der Waals surface area contributed by atoms with Crippen LogP contribution in [0.1, 0.15) is 17.0 Å². The van der Waals surface area contributed by atoms with Crippen LogP contribution in [0.5, 0.6) is 0 Å². The van der Waals surface area contributed by atoms with Gasteiger partial charge in [-0.1, -0.05) is 42.5 Å². The molecule has 0 fully saturated rings. The molecule has 0 saturated carbocycles. The van der Waals surface area contributed by atoms with Gasteiger partial charge in [0.05, 0.1) is 10.8 Å². The molecule has 0 aliphatic heterocycles. The molecule has 0 spiro atoms. The summed E-state index contributed by atoms with van der Waals surface area (Å²) in [5.74, 6) is -0.494. The molecule has 1 atom stereocenters. The minimum absolute atomic E-state index is 0.0632. The Labute approximate surface area is 115 Å². The fourth-order valence-corrected chi connectivity index (χ4v) is 2.09. The van der Waals surface area contributed by atoms with Gasteiger partial charge in [0.15, 0.2) is 0 Å². The van der Waals surface area contributed by atoms with Crippen LogP contribution in [0.15, 0.2) is 54.6 Å². The molecule has 102 valence electrons. The van der Waals surface area contributed by atoms with Gasteiger partial charge in [-0.3, -0.25) is 20.2 Å². The van der Waals surface area contributed by atoms with Gasteiger partial charge >= 0.3 is 0 Å². The molecule has 6 nitrogen and oxygen atoms in total. The summed E-state index contributed by atoms with van der Waals surface area (Å²) in [5, 5.41) is 21.7. The third kappa shape index (κ3) is 3.17. The van der Waals surface area contributed by atoms with Gasteiger partial charge < -0.3 is 0 Å². The second-order valence-corrected chi connectivity index (χ2v) is 4.33. The van der Waals surface area contributed by atoms with E-state index in [4.69, 9.17) is 0 Å². The second kappa shape index (κ2) is 5.92. The Morgan fingerprint density at radius 2 is 1.55 bits per heavy atom. The molecule has 0 heterocycles. The summed E-state index contributed by atoms with van der Waals surface area (Å²) in [5.41, 5.74) is 1.28. The van der Waals surface area contributed by atoms with E-state index in [0.717, 1.165) is 5.56 Å². The van der Waals surface area contributed by atoms with Gasteiger partial charge in [-0.05, 0) is 11.1 Å². The molecule has 0 amide bonds. The van der Waals surface area contributed by atoms with Gasteiger partial charge in [-0.15, -0.1) is 0 Å². The van der Waals surface area contributed by atoms with Crippen molar-refractivity contribution in [2.45, 2.75) is 5.92 Å². The first-order chi connectivity index (χ1) is 9.58. The molecule has 0 aliphatic rings. The van der Waals surface area contributed by atoms with Crippen LogP contribution in [0.25, 0.3) is 0 Å². The van der Waals surface area contributed by atoms with E-state index in [1.165, 1.54) is 12.1 Å². The Balaban J connectivity index is 2.44. The molecule has 2 aromatic carbocycles. The summed E-state index contributed by atoms with van der Waals surface area (Å²) >= 11 is 0. The Morgan fingerprint density at radius 3 is 2.15 bits per heavy atom. The highest BCUT2D eigenvalue weighted by Gasteiger charge is 2.21. The quantitative estimate of drug-likeness (QED) is 0.618. The van der Waals surface area contributed by atoms with Gasteiger partial charge in [0.1, 0.15) is 0 Å². The minimum atomic E-state index is -0.502. The van der Waals surface area contributed by atoms with Crippen molar-refractivity contribution in [3.8, 4) is 0 Å². The largest absolute Gasteiger partial charge is 0.269 e. The summed E-state index contributed by atoms with van der Waals surface area (Å²) < 4.78 is 0. The van der Waals surface area contributed by atoms with Crippen LogP contribution in [0, 0.1) is 20.2 Å². The summed E-state index contributed by atoms with van der Waals surface area (Å²) in [4.78, 5) is 20.7. The number of rotatable bonds is 5. The molecule has 2 aromatic rings. The van der Waals surface area contributed by atoms with Gasteiger partial charge in [0.25, 0.3) is 5.69 Å². The molecule has 1 unspecified atom stereocenters. The number of hydrogen-bond donors (Lipinski definition) is 0. The third-order valence-corrected chi connectivity index (χ3v) is 3.02. The van der Waals surface area contributed by atoms with E-state index in [1.54, 1.807) is 36.4 Å². The molecule has 6 heteroatoms. The molecular formula is C14H12N2O4. The zero-order valence-electron chi connectivity index (χ0n) is 10.5. The number of benzene rings is 2. The van der Waals surface area contributed by atoms with Crippen molar-refractivity contribution in [3.05, 3.63) is 86.0 Å². The molecule has 20 heavy (non-hydrogen) atoms. The van der Waals surface area contributed by atoms with Crippen LogP contribution in [-0.2, 0) is 0 Å². The van der Waals surface area contributed by atoms with Crippen LogP contribution in [0.2, 0.25) is 0 Å². The first kappa shape index (κ1) is 13.7. The molecule has 0 aliphatic carbocycles. The predicted octanol–water partition coefficient (Wildman–Crippen LogP) is 3.00. The SMILES string of the molecule is O=[N+]([O-])CC(c1ccccc1)c1cccc([N+](=O)[O-])c1. The van der Waals surface area contributed by atoms with E-state index in [0.29, 0.717) is 5.56 Å². The first-order valence-corrected chi connectivity index (χ1v) is 5.99. The van der Waals surface area contributed by atoms with Gasteiger partial charge in [-0.2, -0.15) is 0 Å². The molecule has 0 aromatic heterocycles. The summed E-state index contributed by atoms with van der Waals surface area (Å²) in [6, 6.07) is 15.0. The fourth-order valence-electron chi connectivity index (χ4n) is 2.09. The van der Waals surface area contributed by atoms with E-state index >= 15 is 0 Å². The Morgan fingerprint density at radius 1 is 0.900 bits per heavy atom. The number of nitrogens with zero attached hydrogens (tertiary/aromatic N) is 2. The Hall–Kier alpha value is -2.76. The van der Waals surface area contributed by atoms with E-state index in [1.807, 2.05) is 6.07 Å². The Kier molecular flexibility index (Phi) is 4.05. The maximum absolute atomic E-state index is 10.8. The number of nitro benzene ring substituents is 1. The standard InChI is InChI=1S/C14H12N2O4/c17-15(18)10-14(11-5-2-1-3-6-11)12-7-4-8-13(9-12)16(19)20/h1-9,14H,10H2. The average Bonchev–Trinajstić information content (AvgIpc) is 2.45. The van der Waals surface area contributed by atoms with Crippen molar-refractivity contribution in [1.82, 2.24) is 0 Å². The van der Waals surface area contributed by atoms with Gasteiger partial charge in [0.2, 0.25) is 6.54 Å². The highest BCUT2D eigenvalue weighted by Crippen LogP contribution is 2.27. The molecule has 0 saturated heterocycles. The molecular weight excluding hydrogens is 260 g/mol. The fraction of sp³-hybridized carbons (Fsp3) is 0.143. The second-order valence-electron chi connectivity index (χ2n) is 4.33. The third-order valence-electron chi connectivity index (χ3n) is 3.02. The highest BCUT2D eigenvalue weighted by molar-refractivity contribution is 5.40.